The zero-order valence-electron chi connectivity index (χ0n) is 22.2. The van der Waals surface area contributed by atoms with E-state index in [9.17, 15) is 4.79 Å². The van der Waals surface area contributed by atoms with Gasteiger partial charge in [-0.25, -0.2) is 4.98 Å². The number of fused-ring (bicyclic) bond motifs is 1. The number of ether oxygens (including phenoxy) is 1. The molecule has 10 heteroatoms. The van der Waals surface area contributed by atoms with E-state index >= 15 is 0 Å². The van der Waals surface area contributed by atoms with Crippen molar-refractivity contribution in [2.24, 2.45) is 0 Å². The van der Waals surface area contributed by atoms with Gasteiger partial charge in [0.25, 0.3) is 5.91 Å². The number of likely N-dealkylation sites (N-methyl/N-ethyl adjacent to an activating group) is 1. The first-order chi connectivity index (χ1) is 18.9. The zero-order chi connectivity index (χ0) is 27.5. The highest BCUT2D eigenvalue weighted by atomic mass is 35.5. The second-order valence-corrected chi connectivity index (χ2v) is 10.3. The molecule has 8 nitrogen and oxygen atoms in total. The molecule has 1 saturated heterocycles. The first-order valence-corrected chi connectivity index (χ1v) is 13.6. The maximum Gasteiger partial charge on any atom is 0.259 e. The summed E-state index contributed by atoms with van der Waals surface area (Å²) in [6.45, 7) is 10.3. The average Bonchev–Trinajstić information content (AvgIpc) is 2.96. The number of rotatable bonds is 7. The van der Waals surface area contributed by atoms with Gasteiger partial charge < -0.3 is 15.0 Å². The summed E-state index contributed by atoms with van der Waals surface area (Å²) in [4.78, 5) is 31.7. The second-order valence-electron chi connectivity index (χ2n) is 9.53. The van der Waals surface area contributed by atoms with Gasteiger partial charge in [-0.1, -0.05) is 42.3 Å². The van der Waals surface area contributed by atoms with Crippen LogP contribution in [0, 0.1) is 6.92 Å². The molecule has 39 heavy (non-hydrogen) atoms. The van der Waals surface area contributed by atoms with Crippen molar-refractivity contribution in [2.45, 2.75) is 20.4 Å². The standard InChI is InChI=1S/C29H30Cl2N6O2/c1-4-36-11-13-37(14-12-36)17-19-5-8-23(34-16-19)35-29(38)21-7-6-20(27-28(21)33-10-9-32-27)24-25(30)18(2)15-22(39-3)26(24)31/h5-10,15-16H,4,11-14,17H2,1-3H3,(H,34,35,38). The smallest absolute Gasteiger partial charge is 0.259 e. The molecule has 0 aliphatic carbocycles. The summed E-state index contributed by atoms with van der Waals surface area (Å²) in [6, 6.07) is 9.11. The van der Waals surface area contributed by atoms with E-state index < -0.39 is 0 Å². The molecule has 3 heterocycles. The molecular weight excluding hydrogens is 535 g/mol. The van der Waals surface area contributed by atoms with Crippen molar-refractivity contribution < 1.29 is 9.53 Å². The fourth-order valence-corrected chi connectivity index (χ4v) is 5.49. The number of amides is 1. The van der Waals surface area contributed by atoms with Gasteiger partial charge in [-0.2, -0.15) is 0 Å². The summed E-state index contributed by atoms with van der Waals surface area (Å²) in [5.74, 6) is 0.641. The Balaban J connectivity index is 1.38. The minimum atomic E-state index is -0.331. The third-order valence-corrected chi connectivity index (χ3v) is 7.96. The number of halogens is 2. The molecular formula is C29H30Cl2N6O2. The SMILES string of the molecule is CCN1CCN(Cc2ccc(NC(=O)c3ccc(-c4c(Cl)c(C)cc(OC)c4Cl)c4nccnc34)nc2)CC1. The van der Waals surface area contributed by atoms with E-state index in [0.29, 0.717) is 49.3 Å². The van der Waals surface area contributed by atoms with Crippen LogP contribution in [0.3, 0.4) is 0 Å². The lowest BCUT2D eigenvalue weighted by Crippen LogP contribution is -2.45. The van der Waals surface area contributed by atoms with Crippen LogP contribution in [0.5, 0.6) is 5.75 Å². The predicted molar refractivity (Wildman–Crippen MR) is 156 cm³/mol. The third-order valence-electron chi connectivity index (χ3n) is 7.09. The monoisotopic (exact) mass is 564 g/mol. The van der Waals surface area contributed by atoms with E-state index in [0.717, 1.165) is 50.4 Å². The molecule has 0 radical (unpaired) electrons. The molecule has 1 fully saturated rings. The van der Waals surface area contributed by atoms with Gasteiger partial charge in [0.1, 0.15) is 17.1 Å². The molecule has 0 atom stereocenters. The maximum absolute atomic E-state index is 13.3. The molecule has 1 aliphatic heterocycles. The number of carbonyl (C=O) groups is 1. The van der Waals surface area contributed by atoms with Crippen LogP contribution in [0.2, 0.25) is 10.0 Å². The lowest BCUT2D eigenvalue weighted by Gasteiger charge is -2.33. The van der Waals surface area contributed by atoms with Crippen LogP contribution in [-0.2, 0) is 6.54 Å². The number of aryl methyl sites for hydroxylation is 1. The number of nitrogens with one attached hydrogen (secondary N) is 1. The van der Waals surface area contributed by atoms with Crippen LogP contribution < -0.4 is 10.1 Å². The van der Waals surface area contributed by atoms with Crippen LogP contribution in [0.15, 0.2) is 48.9 Å². The van der Waals surface area contributed by atoms with Crippen molar-refractivity contribution in [1.82, 2.24) is 24.8 Å². The summed E-state index contributed by atoms with van der Waals surface area (Å²) in [5.41, 5.74) is 4.48. The van der Waals surface area contributed by atoms with Crippen LogP contribution in [0.1, 0.15) is 28.4 Å². The van der Waals surface area contributed by atoms with E-state index in [-0.39, 0.29) is 5.91 Å². The largest absolute Gasteiger partial charge is 0.495 e. The van der Waals surface area contributed by atoms with E-state index in [1.165, 1.54) is 0 Å². The summed E-state index contributed by atoms with van der Waals surface area (Å²) in [7, 11) is 1.55. The van der Waals surface area contributed by atoms with E-state index in [2.05, 4.69) is 37.0 Å². The minimum Gasteiger partial charge on any atom is -0.495 e. The van der Waals surface area contributed by atoms with Crippen molar-refractivity contribution in [2.75, 3.05) is 45.2 Å². The van der Waals surface area contributed by atoms with E-state index in [1.807, 2.05) is 25.3 Å². The lowest BCUT2D eigenvalue weighted by molar-refractivity contribution is 0.102. The van der Waals surface area contributed by atoms with Gasteiger partial charge in [0.05, 0.1) is 28.2 Å². The molecule has 1 amide bonds. The second kappa shape index (κ2) is 11.8. The van der Waals surface area contributed by atoms with Crippen molar-refractivity contribution in [3.05, 3.63) is 75.7 Å². The van der Waals surface area contributed by atoms with Crippen LogP contribution in [-0.4, -0.2) is 70.5 Å². The van der Waals surface area contributed by atoms with E-state index in [1.54, 1.807) is 37.7 Å². The molecule has 5 rings (SSSR count). The molecule has 2 aromatic heterocycles. The Hall–Kier alpha value is -3.30. The molecule has 2 aromatic carbocycles. The van der Waals surface area contributed by atoms with Gasteiger partial charge >= 0.3 is 0 Å². The molecule has 0 spiro atoms. The fourth-order valence-electron chi connectivity index (χ4n) is 4.86. The number of nitrogens with zero attached hydrogens (tertiary/aromatic N) is 5. The molecule has 4 aromatic rings. The summed E-state index contributed by atoms with van der Waals surface area (Å²) >= 11 is 13.3. The number of pyridine rings is 1. The Morgan fingerprint density at radius 3 is 2.36 bits per heavy atom. The van der Waals surface area contributed by atoms with Gasteiger partial charge in [-0.15, -0.1) is 0 Å². The molecule has 202 valence electrons. The Kier molecular flexibility index (Phi) is 8.28. The average molecular weight is 566 g/mol. The Bertz CT molecular complexity index is 1500. The first-order valence-electron chi connectivity index (χ1n) is 12.9. The number of methoxy groups -OCH3 is 1. The number of hydrogen-bond acceptors (Lipinski definition) is 7. The zero-order valence-corrected chi connectivity index (χ0v) is 23.7. The fraction of sp³-hybridized carbons (Fsp3) is 0.310. The summed E-state index contributed by atoms with van der Waals surface area (Å²) < 4.78 is 5.44. The molecule has 1 N–H and O–H groups in total. The van der Waals surface area contributed by atoms with Crippen molar-refractivity contribution in [3.63, 3.8) is 0 Å². The summed E-state index contributed by atoms with van der Waals surface area (Å²) in [5, 5.41) is 3.75. The van der Waals surface area contributed by atoms with Crippen molar-refractivity contribution in [1.29, 1.82) is 0 Å². The van der Waals surface area contributed by atoms with Gasteiger partial charge in [0, 0.05) is 62.4 Å². The van der Waals surface area contributed by atoms with Crippen LogP contribution in [0.4, 0.5) is 5.82 Å². The van der Waals surface area contributed by atoms with Crippen LogP contribution >= 0.6 is 23.2 Å². The highest BCUT2D eigenvalue weighted by Gasteiger charge is 2.22. The highest BCUT2D eigenvalue weighted by molar-refractivity contribution is 6.41. The highest BCUT2D eigenvalue weighted by Crippen LogP contribution is 2.44. The van der Waals surface area contributed by atoms with Crippen LogP contribution in [0.25, 0.3) is 22.2 Å². The quantitative estimate of drug-likeness (QED) is 0.308. The molecule has 0 bridgehead atoms. The number of hydrogen-bond donors (Lipinski definition) is 1. The third kappa shape index (κ3) is 5.70. The number of carbonyl (C=O) groups excluding carboxylic acids is 1. The predicted octanol–water partition coefficient (Wildman–Crippen LogP) is 5.71. The van der Waals surface area contributed by atoms with Crippen molar-refractivity contribution >= 4 is 46.0 Å². The topological polar surface area (TPSA) is 83.5 Å². The number of piperazine rings is 1. The number of aromatic nitrogens is 3. The number of anilines is 1. The van der Waals surface area contributed by atoms with Crippen molar-refractivity contribution in [3.8, 4) is 16.9 Å². The van der Waals surface area contributed by atoms with Gasteiger partial charge in [0.2, 0.25) is 0 Å². The Morgan fingerprint density at radius 2 is 1.69 bits per heavy atom. The lowest BCUT2D eigenvalue weighted by atomic mass is 9.98. The minimum absolute atomic E-state index is 0.331. The Morgan fingerprint density at radius 1 is 0.974 bits per heavy atom. The maximum atomic E-state index is 13.3. The normalized spacial score (nSPS) is 14.5. The number of benzene rings is 2. The molecule has 1 aliphatic rings. The van der Waals surface area contributed by atoms with Gasteiger partial charge in [0.15, 0.2) is 0 Å². The molecule has 0 unspecified atom stereocenters. The van der Waals surface area contributed by atoms with Gasteiger partial charge in [-0.3, -0.25) is 19.7 Å². The Labute approximate surface area is 237 Å². The summed E-state index contributed by atoms with van der Waals surface area (Å²) in [6.07, 6.45) is 4.94. The molecule has 0 saturated carbocycles. The van der Waals surface area contributed by atoms with E-state index in [4.69, 9.17) is 27.9 Å². The first kappa shape index (κ1) is 27.3. The van der Waals surface area contributed by atoms with Gasteiger partial charge in [-0.05, 0) is 42.8 Å².